The van der Waals surface area contributed by atoms with Crippen molar-refractivity contribution >= 4 is 11.9 Å². The van der Waals surface area contributed by atoms with Gasteiger partial charge in [0.25, 0.3) is 0 Å². The normalized spacial score (nSPS) is 13.1. The average molecular weight is 814 g/mol. The summed E-state index contributed by atoms with van der Waals surface area (Å²) in [5, 5.41) is 22.8. The number of carbonyl (C=O) groups excluding carboxylic acids is 2. The molecule has 0 aliphatic rings. The van der Waals surface area contributed by atoms with Crippen molar-refractivity contribution in [1.29, 1.82) is 0 Å². The fraction of sp³-hybridized carbons (Fsp3) is 0.808. The van der Waals surface area contributed by atoms with Gasteiger partial charge < -0.3 is 20.3 Å². The second-order valence-electron chi connectivity index (χ2n) is 16.8. The van der Waals surface area contributed by atoms with Crippen LogP contribution in [-0.4, -0.2) is 47.4 Å². The van der Waals surface area contributed by atoms with Crippen LogP contribution in [0.25, 0.3) is 0 Å². The van der Waals surface area contributed by atoms with E-state index >= 15 is 0 Å². The molecule has 6 nitrogen and oxygen atoms in total. The Morgan fingerprint density at radius 1 is 0.483 bits per heavy atom. The molecule has 0 radical (unpaired) electrons. The minimum atomic E-state index is -0.878. The van der Waals surface area contributed by atoms with Crippen molar-refractivity contribution < 1.29 is 24.5 Å². The minimum absolute atomic E-state index is 0.0228. The van der Waals surface area contributed by atoms with Crippen LogP contribution in [0.3, 0.4) is 0 Å². The topological polar surface area (TPSA) is 95.9 Å². The molecule has 0 bridgehead atoms. The molecule has 0 heterocycles. The predicted molar refractivity (Wildman–Crippen MR) is 250 cm³/mol. The number of esters is 1. The lowest BCUT2D eigenvalue weighted by atomic mass is 10.1. The van der Waals surface area contributed by atoms with Crippen LogP contribution in [0.5, 0.6) is 0 Å². The van der Waals surface area contributed by atoms with Gasteiger partial charge in [-0.2, -0.15) is 0 Å². The smallest absolute Gasteiger partial charge is 0.305 e. The van der Waals surface area contributed by atoms with Crippen molar-refractivity contribution in [3.63, 3.8) is 0 Å². The highest BCUT2D eigenvalue weighted by Gasteiger charge is 2.17. The fourth-order valence-corrected chi connectivity index (χ4v) is 7.20. The van der Waals surface area contributed by atoms with Crippen molar-refractivity contribution in [2.45, 2.75) is 257 Å². The van der Waals surface area contributed by atoms with Crippen molar-refractivity contribution in [2.75, 3.05) is 13.2 Å². The predicted octanol–water partition coefficient (Wildman–Crippen LogP) is 14.7. The summed E-state index contributed by atoms with van der Waals surface area (Å²) in [6, 6.07) is -0.671. The molecule has 0 aliphatic heterocycles. The standard InChI is InChI=1S/C52H95NO5/c1-3-5-7-9-11-13-15-16-17-18-19-20-23-26-30-34-38-42-46-52(57)58-47-43-39-35-31-27-24-21-22-25-29-33-37-41-45-51(56)53-49(48-54)50(55)44-40-36-32-28-14-12-10-8-6-4-2/h17-18,22,25,33,37,40,44,49-50,54-55H,3-16,19-21,23-24,26-32,34-36,38-39,41-43,45-48H2,1-2H3,(H,53,56)/b18-17-,25-22-,37-33-,44-40+. The third-order valence-corrected chi connectivity index (χ3v) is 11.1. The summed E-state index contributed by atoms with van der Waals surface area (Å²) in [6.45, 7) is 4.80. The lowest BCUT2D eigenvalue weighted by molar-refractivity contribution is -0.143. The summed E-state index contributed by atoms with van der Waals surface area (Å²) < 4.78 is 5.45. The summed E-state index contributed by atoms with van der Waals surface area (Å²) in [5.41, 5.74) is 0. The molecule has 0 rings (SSSR count). The number of rotatable bonds is 45. The number of carbonyl (C=O) groups is 2. The second kappa shape index (κ2) is 47.5. The third kappa shape index (κ3) is 43.4. The molecule has 0 aromatic heterocycles. The zero-order valence-electron chi connectivity index (χ0n) is 38.3. The molecule has 0 spiro atoms. The van der Waals surface area contributed by atoms with Crippen LogP contribution in [0.15, 0.2) is 48.6 Å². The molecule has 58 heavy (non-hydrogen) atoms. The Hall–Kier alpha value is -2.18. The number of amides is 1. The van der Waals surface area contributed by atoms with Gasteiger partial charge in [0.1, 0.15) is 0 Å². The van der Waals surface area contributed by atoms with Crippen LogP contribution in [0.4, 0.5) is 0 Å². The maximum absolute atomic E-state index is 12.3. The number of hydrogen-bond acceptors (Lipinski definition) is 5. The first-order valence-corrected chi connectivity index (χ1v) is 24.9. The lowest BCUT2D eigenvalue weighted by Crippen LogP contribution is -2.45. The third-order valence-electron chi connectivity index (χ3n) is 11.1. The molecule has 2 unspecified atom stereocenters. The molecule has 0 saturated carbocycles. The van der Waals surface area contributed by atoms with E-state index in [0.717, 1.165) is 51.4 Å². The van der Waals surface area contributed by atoms with E-state index in [2.05, 4.69) is 49.5 Å². The monoisotopic (exact) mass is 814 g/mol. The molecule has 0 aromatic carbocycles. The first kappa shape index (κ1) is 55.8. The van der Waals surface area contributed by atoms with Crippen molar-refractivity contribution in [3.8, 4) is 0 Å². The van der Waals surface area contributed by atoms with Gasteiger partial charge >= 0.3 is 5.97 Å². The number of aliphatic hydroxyl groups excluding tert-OH is 2. The van der Waals surface area contributed by atoms with Crippen LogP contribution in [0.2, 0.25) is 0 Å². The first-order chi connectivity index (χ1) is 28.5. The van der Waals surface area contributed by atoms with E-state index in [1.807, 2.05) is 12.2 Å². The molecule has 0 aliphatic carbocycles. The van der Waals surface area contributed by atoms with Crippen molar-refractivity contribution in [3.05, 3.63) is 48.6 Å². The number of hydrogen-bond donors (Lipinski definition) is 3. The van der Waals surface area contributed by atoms with Gasteiger partial charge in [0, 0.05) is 12.8 Å². The van der Waals surface area contributed by atoms with Crippen LogP contribution >= 0.6 is 0 Å². The molecule has 0 fully saturated rings. The van der Waals surface area contributed by atoms with Crippen LogP contribution in [-0.2, 0) is 14.3 Å². The van der Waals surface area contributed by atoms with Crippen LogP contribution in [0, 0.1) is 0 Å². The summed E-state index contributed by atoms with van der Waals surface area (Å²) in [7, 11) is 0. The summed E-state index contributed by atoms with van der Waals surface area (Å²) >= 11 is 0. The quantitative estimate of drug-likeness (QED) is 0.0323. The van der Waals surface area contributed by atoms with E-state index in [4.69, 9.17) is 4.74 Å². The number of ether oxygens (including phenoxy) is 1. The molecular weight excluding hydrogens is 719 g/mol. The summed E-state index contributed by atoms with van der Waals surface area (Å²) in [5.74, 6) is -0.175. The Labute approximate surface area is 359 Å². The lowest BCUT2D eigenvalue weighted by Gasteiger charge is -2.19. The van der Waals surface area contributed by atoms with Gasteiger partial charge in [0.2, 0.25) is 5.91 Å². The van der Waals surface area contributed by atoms with Crippen molar-refractivity contribution in [2.24, 2.45) is 0 Å². The van der Waals surface area contributed by atoms with Gasteiger partial charge in [0.05, 0.1) is 25.4 Å². The van der Waals surface area contributed by atoms with E-state index in [1.165, 1.54) is 161 Å². The highest BCUT2D eigenvalue weighted by atomic mass is 16.5. The van der Waals surface area contributed by atoms with Gasteiger partial charge in [-0.25, -0.2) is 0 Å². The molecule has 1 amide bonds. The van der Waals surface area contributed by atoms with E-state index in [9.17, 15) is 19.8 Å². The molecular formula is C52H95NO5. The molecule has 6 heteroatoms. The maximum atomic E-state index is 12.3. The Morgan fingerprint density at radius 2 is 0.879 bits per heavy atom. The SMILES string of the molecule is CCCCCCCCC/C=C\CCCCCCCCCC(=O)OCCCCCCCC/C=C\C/C=C\CCC(=O)NC(CO)C(O)/C=C/CCCCCCCCCC. The van der Waals surface area contributed by atoms with Gasteiger partial charge in [-0.1, -0.05) is 204 Å². The zero-order chi connectivity index (χ0) is 42.3. The maximum Gasteiger partial charge on any atom is 0.305 e. The molecule has 338 valence electrons. The van der Waals surface area contributed by atoms with E-state index < -0.39 is 12.1 Å². The Bertz CT molecular complexity index is 988. The molecule has 0 saturated heterocycles. The summed E-state index contributed by atoms with van der Waals surface area (Å²) in [6.07, 6.45) is 58.4. The Balaban J connectivity index is 3.55. The average Bonchev–Trinajstić information content (AvgIpc) is 3.22. The van der Waals surface area contributed by atoms with E-state index in [0.29, 0.717) is 25.9 Å². The van der Waals surface area contributed by atoms with Gasteiger partial charge in [-0.3, -0.25) is 9.59 Å². The minimum Gasteiger partial charge on any atom is -0.466 e. The van der Waals surface area contributed by atoms with Crippen molar-refractivity contribution in [1.82, 2.24) is 5.32 Å². The van der Waals surface area contributed by atoms with Gasteiger partial charge in [-0.15, -0.1) is 0 Å². The van der Waals surface area contributed by atoms with Gasteiger partial charge in [0.15, 0.2) is 0 Å². The van der Waals surface area contributed by atoms with E-state index in [-0.39, 0.29) is 18.5 Å². The number of nitrogens with one attached hydrogen (secondary N) is 1. The molecule has 3 N–H and O–H groups in total. The fourth-order valence-electron chi connectivity index (χ4n) is 7.20. The number of allylic oxidation sites excluding steroid dienone is 7. The first-order valence-electron chi connectivity index (χ1n) is 24.9. The Morgan fingerprint density at radius 3 is 1.36 bits per heavy atom. The number of unbranched alkanes of at least 4 members (excludes halogenated alkanes) is 28. The number of aliphatic hydroxyl groups is 2. The Kier molecular flexibility index (Phi) is 45.7. The van der Waals surface area contributed by atoms with Crippen LogP contribution in [0.1, 0.15) is 245 Å². The second-order valence-corrected chi connectivity index (χ2v) is 16.8. The van der Waals surface area contributed by atoms with Gasteiger partial charge in [-0.05, 0) is 77.0 Å². The highest BCUT2D eigenvalue weighted by molar-refractivity contribution is 5.76. The zero-order valence-corrected chi connectivity index (χ0v) is 38.3. The summed E-state index contributed by atoms with van der Waals surface area (Å²) in [4.78, 5) is 24.4. The molecule has 0 aromatic rings. The largest absolute Gasteiger partial charge is 0.466 e. The molecule has 2 atom stereocenters. The van der Waals surface area contributed by atoms with E-state index in [1.54, 1.807) is 6.08 Å². The van der Waals surface area contributed by atoms with Crippen LogP contribution < -0.4 is 5.32 Å². The highest BCUT2D eigenvalue weighted by Crippen LogP contribution is 2.14.